The first kappa shape index (κ1) is 25.4. The molecule has 1 heterocycles. The maximum atomic E-state index is 14.2. The summed E-state index contributed by atoms with van der Waals surface area (Å²) in [4.78, 5) is 27.9. The fourth-order valence-corrected chi connectivity index (χ4v) is 4.54. The molecule has 1 N–H and O–H groups in total. The summed E-state index contributed by atoms with van der Waals surface area (Å²) in [5.74, 6) is -0.0355. The van der Waals surface area contributed by atoms with E-state index in [0.717, 1.165) is 16.7 Å². The number of rotatable bonds is 6. The van der Waals surface area contributed by atoms with Gasteiger partial charge in [-0.25, -0.2) is 4.39 Å². The van der Waals surface area contributed by atoms with E-state index in [1.165, 1.54) is 12.1 Å². The largest absolute Gasteiger partial charge is 0.481 e. The fourth-order valence-electron chi connectivity index (χ4n) is 4.54. The molecule has 5 nitrogen and oxygen atoms in total. The Hall–Kier alpha value is -3.67. The van der Waals surface area contributed by atoms with Crippen LogP contribution in [0.5, 0.6) is 5.75 Å². The number of fused-ring (bicyclic) bond motifs is 1. The molecule has 1 aliphatic rings. The van der Waals surface area contributed by atoms with Gasteiger partial charge >= 0.3 is 0 Å². The third-order valence-electron chi connectivity index (χ3n) is 6.40. The van der Waals surface area contributed by atoms with Crippen molar-refractivity contribution in [1.29, 1.82) is 0 Å². The van der Waals surface area contributed by atoms with Gasteiger partial charge in [0.05, 0.1) is 6.04 Å². The quantitative estimate of drug-likeness (QED) is 0.503. The molecular formula is C30H33FN2O3. The molecule has 2 atom stereocenters. The fraction of sp³-hybridized carbons (Fsp3) is 0.333. The van der Waals surface area contributed by atoms with Crippen LogP contribution >= 0.6 is 0 Å². The molecule has 6 heteroatoms. The highest BCUT2D eigenvalue weighted by Crippen LogP contribution is 2.39. The Kier molecular flexibility index (Phi) is 7.43. The first-order valence-corrected chi connectivity index (χ1v) is 12.3. The Morgan fingerprint density at radius 3 is 2.50 bits per heavy atom. The maximum Gasteiger partial charge on any atom is 0.261 e. The molecule has 0 saturated carbocycles. The molecule has 0 aromatic heterocycles. The maximum absolute atomic E-state index is 14.2. The lowest BCUT2D eigenvalue weighted by Crippen LogP contribution is -2.45. The Labute approximate surface area is 212 Å². The first-order valence-electron chi connectivity index (χ1n) is 12.3. The zero-order valence-corrected chi connectivity index (χ0v) is 21.3. The van der Waals surface area contributed by atoms with Gasteiger partial charge in [0.25, 0.3) is 5.91 Å². The van der Waals surface area contributed by atoms with Crippen LogP contribution in [0, 0.1) is 11.2 Å². The van der Waals surface area contributed by atoms with Gasteiger partial charge in [-0.3, -0.25) is 9.59 Å². The lowest BCUT2D eigenvalue weighted by atomic mass is 9.85. The zero-order chi connectivity index (χ0) is 25.9. The van der Waals surface area contributed by atoms with Crippen LogP contribution in [-0.4, -0.2) is 29.4 Å². The second-order valence-corrected chi connectivity index (χ2v) is 10.3. The van der Waals surface area contributed by atoms with E-state index in [-0.39, 0.29) is 17.6 Å². The van der Waals surface area contributed by atoms with Gasteiger partial charge in [-0.05, 0) is 59.9 Å². The average molecular weight is 489 g/mol. The summed E-state index contributed by atoms with van der Waals surface area (Å²) in [6, 6.07) is 21.4. The smallest absolute Gasteiger partial charge is 0.261 e. The van der Waals surface area contributed by atoms with E-state index in [1.54, 1.807) is 13.0 Å². The van der Waals surface area contributed by atoms with Gasteiger partial charge < -0.3 is 15.0 Å². The molecule has 0 aliphatic carbocycles. The molecular weight excluding hydrogens is 455 g/mol. The molecule has 0 bridgehead atoms. The summed E-state index contributed by atoms with van der Waals surface area (Å²) in [6.45, 7) is 8.35. The number of hydrogen-bond donors (Lipinski definition) is 1. The highest BCUT2D eigenvalue weighted by molar-refractivity contribution is 5.83. The number of carbonyl (C=O) groups excluding carboxylic acids is 2. The van der Waals surface area contributed by atoms with E-state index in [4.69, 9.17) is 4.74 Å². The summed E-state index contributed by atoms with van der Waals surface area (Å²) < 4.78 is 20.2. The predicted octanol–water partition coefficient (Wildman–Crippen LogP) is 5.43. The van der Waals surface area contributed by atoms with Crippen molar-refractivity contribution in [1.82, 2.24) is 10.2 Å². The number of nitrogens with one attached hydrogen (secondary N) is 1. The summed E-state index contributed by atoms with van der Waals surface area (Å²) in [5, 5.41) is 2.90. The zero-order valence-electron chi connectivity index (χ0n) is 21.3. The molecule has 3 aromatic carbocycles. The monoisotopic (exact) mass is 488 g/mol. The molecule has 1 aliphatic heterocycles. The minimum Gasteiger partial charge on any atom is -0.481 e. The van der Waals surface area contributed by atoms with Crippen molar-refractivity contribution in [3.05, 3.63) is 101 Å². The summed E-state index contributed by atoms with van der Waals surface area (Å²) >= 11 is 0. The molecule has 3 aromatic rings. The number of carbonyl (C=O) groups is 2. The van der Waals surface area contributed by atoms with Gasteiger partial charge in [-0.1, -0.05) is 69.3 Å². The normalized spacial score (nSPS) is 16.1. The molecule has 36 heavy (non-hydrogen) atoms. The standard InChI is InChI=1S/C30H33FN2O3/c1-20(28(34)32-19-21-9-6-5-7-10-21)36-25-14-13-22-15-16-33(29(35)30(2,3)4)27(26(22)18-25)23-11-8-12-24(31)17-23/h5-14,17-18,20,27H,15-16,19H2,1-4H3,(H,32,34)/t20-,27-/m0/s1. The van der Waals surface area contributed by atoms with Gasteiger partial charge in [-0.2, -0.15) is 0 Å². The molecule has 0 spiro atoms. The Balaban J connectivity index is 1.59. The van der Waals surface area contributed by atoms with Crippen molar-refractivity contribution >= 4 is 11.8 Å². The van der Waals surface area contributed by atoms with Crippen LogP contribution in [0.2, 0.25) is 0 Å². The van der Waals surface area contributed by atoms with E-state index < -0.39 is 17.6 Å². The van der Waals surface area contributed by atoms with E-state index in [2.05, 4.69) is 5.32 Å². The van der Waals surface area contributed by atoms with Crippen molar-refractivity contribution in [2.75, 3.05) is 6.54 Å². The van der Waals surface area contributed by atoms with Gasteiger partial charge in [0.2, 0.25) is 5.91 Å². The van der Waals surface area contributed by atoms with Crippen molar-refractivity contribution in [3.63, 3.8) is 0 Å². The number of halogens is 1. The number of nitrogens with zero attached hydrogens (tertiary/aromatic N) is 1. The highest BCUT2D eigenvalue weighted by Gasteiger charge is 2.37. The molecule has 0 fully saturated rings. The number of amides is 2. The molecule has 2 amide bonds. The van der Waals surface area contributed by atoms with Crippen LogP contribution in [0.3, 0.4) is 0 Å². The van der Waals surface area contributed by atoms with Crippen LogP contribution in [-0.2, 0) is 22.6 Å². The van der Waals surface area contributed by atoms with E-state index in [0.29, 0.717) is 30.8 Å². The molecule has 188 valence electrons. The van der Waals surface area contributed by atoms with Gasteiger partial charge in [0.15, 0.2) is 6.10 Å². The average Bonchev–Trinajstić information content (AvgIpc) is 2.86. The van der Waals surface area contributed by atoms with Crippen molar-refractivity contribution in [2.45, 2.75) is 52.8 Å². The van der Waals surface area contributed by atoms with Crippen LogP contribution < -0.4 is 10.1 Å². The first-order chi connectivity index (χ1) is 17.1. The van der Waals surface area contributed by atoms with Crippen LogP contribution in [0.1, 0.15) is 56.0 Å². The highest BCUT2D eigenvalue weighted by atomic mass is 19.1. The van der Waals surface area contributed by atoms with Crippen LogP contribution in [0.15, 0.2) is 72.8 Å². The van der Waals surface area contributed by atoms with Gasteiger partial charge in [-0.15, -0.1) is 0 Å². The molecule has 4 rings (SSSR count). The third kappa shape index (κ3) is 5.76. The summed E-state index contributed by atoms with van der Waals surface area (Å²) in [6.07, 6.45) is -0.0219. The topological polar surface area (TPSA) is 58.6 Å². The number of benzene rings is 3. The van der Waals surface area contributed by atoms with Gasteiger partial charge in [0, 0.05) is 18.5 Å². The Morgan fingerprint density at radius 2 is 1.81 bits per heavy atom. The van der Waals surface area contributed by atoms with Gasteiger partial charge in [0.1, 0.15) is 11.6 Å². The molecule has 0 saturated heterocycles. The third-order valence-corrected chi connectivity index (χ3v) is 6.40. The van der Waals surface area contributed by atoms with Crippen LogP contribution in [0.4, 0.5) is 4.39 Å². The minimum absolute atomic E-state index is 0.00221. The van der Waals surface area contributed by atoms with Crippen molar-refractivity contribution < 1.29 is 18.7 Å². The second-order valence-electron chi connectivity index (χ2n) is 10.3. The summed E-state index contributed by atoms with van der Waals surface area (Å²) in [5.41, 5.74) is 3.10. The van der Waals surface area contributed by atoms with E-state index in [9.17, 15) is 14.0 Å². The number of hydrogen-bond acceptors (Lipinski definition) is 3. The van der Waals surface area contributed by atoms with Crippen LogP contribution in [0.25, 0.3) is 0 Å². The molecule has 0 radical (unpaired) electrons. The van der Waals surface area contributed by atoms with Crippen molar-refractivity contribution in [2.24, 2.45) is 5.41 Å². The van der Waals surface area contributed by atoms with E-state index >= 15 is 0 Å². The predicted molar refractivity (Wildman–Crippen MR) is 138 cm³/mol. The summed E-state index contributed by atoms with van der Waals surface area (Å²) in [7, 11) is 0. The minimum atomic E-state index is -0.713. The van der Waals surface area contributed by atoms with E-state index in [1.807, 2.05) is 80.3 Å². The Morgan fingerprint density at radius 1 is 1.06 bits per heavy atom. The van der Waals surface area contributed by atoms with Crippen molar-refractivity contribution in [3.8, 4) is 5.75 Å². The Bertz CT molecular complexity index is 1240. The second kappa shape index (κ2) is 10.5. The SMILES string of the molecule is C[C@H](Oc1ccc2c(c1)[C@H](c1cccc(F)c1)N(C(=O)C(C)(C)C)CC2)C(=O)NCc1ccccc1. The lowest BCUT2D eigenvalue weighted by Gasteiger charge is -2.41. The lowest BCUT2D eigenvalue weighted by molar-refractivity contribution is -0.141. The molecule has 0 unspecified atom stereocenters. The number of ether oxygens (including phenoxy) is 1.